The molecule has 0 saturated heterocycles. The number of allylic oxidation sites excluding steroid dienone is 1. The van der Waals surface area contributed by atoms with Crippen molar-refractivity contribution in [2.24, 2.45) is 5.41 Å². The SMILES string of the molecule is Cc1ccc(C=C2c3ncc(C)cc3CCC2(C)C)cc1. The monoisotopic (exact) mass is 277 g/mol. The third kappa shape index (κ3) is 2.78. The minimum atomic E-state index is 0.181. The lowest BCUT2D eigenvalue weighted by molar-refractivity contribution is 0.442. The molecule has 0 spiro atoms. The van der Waals surface area contributed by atoms with Crippen LogP contribution in [0.5, 0.6) is 0 Å². The summed E-state index contributed by atoms with van der Waals surface area (Å²) in [6, 6.07) is 11.0. The summed E-state index contributed by atoms with van der Waals surface area (Å²) < 4.78 is 0. The van der Waals surface area contributed by atoms with Crippen LogP contribution in [0, 0.1) is 19.3 Å². The fraction of sp³-hybridized carbons (Fsp3) is 0.350. The molecule has 0 atom stereocenters. The van der Waals surface area contributed by atoms with E-state index in [4.69, 9.17) is 4.98 Å². The van der Waals surface area contributed by atoms with Gasteiger partial charge >= 0.3 is 0 Å². The van der Waals surface area contributed by atoms with Gasteiger partial charge in [0.15, 0.2) is 0 Å². The van der Waals surface area contributed by atoms with Gasteiger partial charge in [0.2, 0.25) is 0 Å². The number of aryl methyl sites for hydroxylation is 3. The molecule has 1 aromatic heterocycles. The van der Waals surface area contributed by atoms with Crippen LogP contribution in [-0.4, -0.2) is 4.98 Å². The van der Waals surface area contributed by atoms with Gasteiger partial charge < -0.3 is 0 Å². The molecule has 0 unspecified atom stereocenters. The number of rotatable bonds is 1. The predicted octanol–water partition coefficient (Wildman–Crippen LogP) is 5.21. The first kappa shape index (κ1) is 14.1. The van der Waals surface area contributed by atoms with Crippen molar-refractivity contribution in [3.8, 4) is 0 Å². The molecule has 0 aliphatic heterocycles. The van der Waals surface area contributed by atoms with Crippen LogP contribution in [0.1, 0.15) is 48.2 Å². The van der Waals surface area contributed by atoms with Gasteiger partial charge in [-0.3, -0.25) is 4.98 Å². The Labute approximate surface area is 127 Å². The summed E-state index contributed by atoms with van der Waals surface area (Å²) in [5.41, 5.74) is 7.95. The molecule has 0 bridgehead atoms. The standard InChI is InChI=1S/C20H23N/c1-14-5-7-16(8-6-14)12-18-19-17(9-10-20(18,3)4)11-15(2)13-21-19/h5-8,11-13H,9-10H2,1-4H3. The predicted molar refractivity (Wildman–Crippen MR) is 90.1 cm³/mol. The third-order valence-electron chi connectivity index (χ3n) is 4.50. The van der Waals surface area contributed by atoms with Gasteiger partial charge in [0.1, 0.15) is 0 Å². The molecule has 0 saturated carbocycles. The largest absolute Gasteiger partial charge is 0.256 e. The number of nitrogens with zero attached hydrogens (tertiary/aromatic N) is 1. The van der Waals surface area contributed by atoms with Crippen molar-refractivity contribution in [2.45, 2.75) is 40.5 Å². The molecular formula is C20H23N. The Hall–Kier alpha value is -1.89. The van der Waals surface area contributed by atoms with E-state index >= 15 is 0 Å². The summed E-state index contributed by atoms with van der Waals surface area (Å²) in [5, 5.41) is 0. The van der Waals surface area contributed by atoms with Gasteiger partial charge in [0, 0.05) is 6.20 Å². The van der Waals surface area contributed by atoms with Crippen molar-refractivity contribution in [1.82, 2.24) is 4.98 Å². The van der Waals surface area contributed by atoms with Crippen LogP contribution in [0.2, 0.25) is 0 Å². The van der Waals surface area contributed by atoms with Crippen LogP contribution in [0.3, 0.4) is 0 Å². The fourth-order valence-corrected chi connectivity index (χ4v) is 3.06. The highest BCUT2D eigenvalue weighted by Crippen LogP contribution is 2.44. The molecule has 0 N–H and O–H groups in total. The molecule has 21 heavy (non-hydrogen) atoms. The number of benzene rings is 1. The van der Waals surface area contributed by atoms with Crippen molar-refractivity contribution in [1.29, 1.82) is 0 Å². The summed E-state index contributed by atoms with van der Waals surface area (Å²) in [6.45, 7) is 8.91. The lowest BCUT2D eigenvalue weighted by atomic mass is 9.71. The first-order valence-corrected chi connectivity index (χ1v) is 7.70. The second-order valence-corrected chi connectivity index (χ2v) is 6.87. The van der Waals surface area contributed by atoms with Crippen molar-refractivity contribution in [2.75, 3.05) is 0 Å². The van der Waals surface area contributed by atoms with E-state index < -0.39 is 0 Å². The minimum absolute atomic E-state index is 0.181. The Kier molecular flexibility index (Phi) is 3.44. The maximum Gasteiger partial charge on any atom is 0.0699 e. The van der Waals surface area contributed by atoms with Crippen molar-refractivity contribution in [3.05, 3.63) is 64.5 Å². The first-order chi connectivity index (χ1) is 9.95. The molecule has 0 radical (unpaired) electrons. The number of pyridine rings is 1. The molecule has 1 aliphatic carbocycles. The molecular weight excluding hydrogens is 254 g/mol. The zero-order valence-corrected chi connectivity index (χ0v) is 13.4. The van der Waals surface area contributed by atoms with Crippen molar-refractivity contribution >= 4 is 11.6 Å². The van der Waals surface area contributed by atoms with Crippen LogP contribution >= 0.6 is 0 Å². The summed E-state index contributed by atoms with van der Waals surface area (Å²) in [6.07, 6.45) is 6.62. The molecule has 1 nitrogen and oxygen atoms in total. The van der Waals surface area contributed by atoms with Crippen LogP contribution in [0.4, 0.5) is 0 Å². The Morgan fingerprint density at radius 1 is 1.05 bits per heavy atom. The summed E-state index contributed by atoms with van der Waals surface area (Å²) in [5.74, 6) is 0. The van der Waals surface area contributed by atoms with Gasteiger partial charge in [0.05, 0.1) is 5.69 Å². The second-order valence-electron chi connectivity index (χ2n) is 6.87. The highest BCUT2D eigenvalue weighted by molar-refractivity contribution is 5.85. The van der Waals surface area contributed by atoms with E-state index in [2.05, 4.69) is 64.1 Å². The molecule has 1 aliphatic rings. The van der Waals surface area contributed by atoms with Crippen LogP contribution < -0.4 is 0 Å². The third-order valence-corrected chi connectivity index (χ3v) is 4.50. The highest BCUT2D eigenvalue weighted by Gasteiger charge is 2.31. The van der Waals surface area contributed by atoms with Crippen LogP contribution in [0.15, 0.2) is 36.5 Å². The molecule has 108 valence electrons. The van der Waals surface area contributed by atoms with E-state index in [1.807, 2.05) is 6.20 Å². The lowest BCUT2D eigenvalue weighted by Gasteiger charge is -2.34. The lowest BCUT2D eigenvalue weighted by Crippen LogP contribution is -2.22. The summed E-state index contributed by atoms with van der Waals surface area (Å²) >= 11 is 0. The van der Waals surface area contributed by atoms with E-state index in [0.29, 0.717) is 0 Å². The molecule has 3 rings (SSSR count). The molecule has 2 aromatic rings. The molecule has 0 amide bonds. The maximum atomic E-state index is 4.74. The number of hydrogen-bond acceptors (Lipinski definition) is 1. The van der Waals surface area contributed by atoms with Crippen LogP contribution in [0.25, 0.3) is 11.6 Å². The van der Waals surface area contributed by atoms with Crippen LogP contribution in [-0.2, 0) is 6.42 Å². The quantitative estimate of drug-likeness (QED) is 0.697. The van der Waals surface area contributed by atoms with E-state index in [1.54, 1.807) is 0 Å². The minimum Gasteiger partial charge on any atom is -0.256 e. The Bertz CT molecular complexity index is 690. The maximum absolute atomic E-state index is 4.74. The van der Waals surface area contributed by atoms with Crippen molar-refractivity contribution in [3.63, 3.8) is 0 Å². The molecule has 1 heterocycles. The van der Waals surface area contributed by atoms with E-state index in [1.165, 1.54) is 39.9 Å². The van der Waals surface area contributed by atoms with Gasteiger partial charge in [-0.05, 0) is 60.4 Å². The smallest absolute Gasteiger partial charge is 0.0699 e. The highest BCUT2D eigenvalue weighted by atomic mass is 14.7. The Morgan fingerprint density at radius 3 is 2.48 bits per heavy atom. The number of fused-ring (bicyclic) bond motifs is 1. The van der Waals surface area contributed by atoms with Crippen molar-refractivity contribution < 1.29 is 0 Å². The number of aromatic nitrogens is 1. The van der Waals surface area contributed by atoms with Gasteiger partial charge in [-0.25, -0.2) is 0 Å². The second kappa shape index (κ2) is 5.14. The number of hydrogen-bond donors (Lipinski definition) is 0. The Morgan fingerprint density at radius 2 is 1.76 bits per heavy atom. The first-order valence-electron chi connectivity index (χ1n) is 7.70. The average molecular weight is 277 g/mol. The van der Waals surface area contributed by atoms with Gasteiger partial charge in [-0.2, -0.15) is 0 Å². The normalized spacial score (nSPS) is 18.6. The molecule has 1 aromatic carbocycles. The topological polar surface area (TPSA) is 12.9 Å². The zero-order valence-electron chi connectivity index (χ0n) is 13.4. The van der Waals surface area contributed by atoms with Gasteiger partial charge in [-0.1, -0.05) is 49.7 Å². The van der Waals surface area contributed by atoms with E-state index in [-0.39, 0.29) is 5.41 Å². The Balaban J connectivity index is 2.12. The van der Waals surface area contributed by atoms with Gasteiger partial charge in [-0.15, -0.1) is 0 Å². The zero-order chi connectivity index (χ0) is 15.0. The summed E-state index contributed by atoms with van der Waals surface area (Å²) in [7, 11) is 0. The average Bonchev–Trinajstić information content (AvgIpc) is 2.44. The summed E-state index contributed by atoms with van der Waals surface area (Å²) in [4.78, 5) is 4.74. The van der Waals surface area contributed by atoms with E-state index in [0.717, 1.165) is 6.42 Å². The van der Waals surface area contributed by atoms with Gasteiger partial charge in [0.25, 0.3) is 0 Å². The van der Waals surface area contributed by atoms with E-state index in [9.17, 15) is 0 Å². The molecule has 0 fully saturated rings. The molecule has 1 heteroatoms. The fourth-order valence-electron chi connectivity index (χ4n) is 3.06.